The second-order valence-corrected chi connectivity index (χ2v) is 8.00. The van der Waals surface area contributed by atoms with Gasteiger partial charge in [-0.15, -0.1) is 11.3 Å². The Kier molecular flexibility index (Phi) is 5.38. The lowest BCUT2D eigenvalue weighted by molar-refractivity contribution is -0.384. The minimum Gasteiger partial charge on any atom is -0.495 e. The predicted molar refractivity (Wildman–Crippen MR) is 119 cm³/mol. The Hall–Kier alpha value is -3.79. The van der Waals surface area contributed by atoms with E-state index >= 15 is 0 Å². The van der Waals surface area contributed by atoms with Gasteiger partial charge in [0.1, 0.15) is 5.75 Å². The van der Waals surface area contributed by atoms with Crippen LogP contribution in [0.25, 0.3) is 21.6 Å². The summed E-state index contributed by atoms with van der Waals surface area (Å²) in [5, 5.41) is 20.8. The molecule has 31 heavy (non-hydrogen) atoms. The van der Waals surface area contributed by atoms with Gasteiger partial charge in [-0.2, -0.15) is 5.10 Å². The summed E-state index contributed by atoms with van der Waals surface area (Å²) in [4.78, 5) is 29.6. The molecule has 0 saturated carbocycles. The van der Waals surface area contributed by atoms with E-state index in [1.54, 1.807) is 16.9 Å². The van der Waals surface area contributed by atoms with Gasteiger partial charge in [-0.05, 0) is 37.4 Å². The number of benzene rings is 1. The molecule has 3 aromatic heterocycles. The Balaban J connectivity index is 1.83. The van der Waals surface area contributed by atoms with Crippen LogP contribution in [0.15, 0.2) is 48.0 Å². The van der Waals surface area contributed by atoms with E-state index in [1.807, 2.05) is 31.4 Å². The summed E-state index contributed by atoms with van der Waals surface area (Å²) in [5.74, 6) is -0.118. The van der Waals surface area contributed by atoms with E-state index in [9.17, 15) is 14.9 Å². The lowest BCUT2D eigenvalue weighted by Gasteiger charge is -2.12. The molecule has 1 N–H and O–H groups in total. The fourth-order valence-electron chi connectivity index (χ4n) is 3.23. The highest BCUT2D eigenvalue weighted by molar-refractivity contribution is 7.13. The summed E-state index contributed by atoms with van der Waals surface area (Å²) in [6.45, 7) is 3.97. The van der Waals surface area contributed by atoms with E-state index in [0.29, 0.717) is 28.0 Å². The molecule has 0 spiro atoms. The van der Waals surface area contributed by atoms with E-state index in [0.717, 1.165) is 4.88 Å². The number of nitrogens with one attached hydrogen (secondary N) is 1. The first kappa shape index (κ1) is 20.5. The number of fused-ring (bicyclic) bond motifs is 1. The third kappa shape index (κ3) is 3.84. The maximum atomic E-state index is 13.3. The molecule has 1 aromatic carbocycles. The van der Waals surface area contributed by atoms with Crippen LogP contribution in [-0.4, -0.2) is 32.7 Å². The van der Waals surface area contributed by atoms with Crippen molar-refractivity contribution in [3.05, 3.63) is 63.7 Å². The molecule has 0 aliphatic carbocycles. The fraction of sp³-hybridized carbons (Fsp3) is 0.190. The summed E-state index contributed by atoms with van der Waals surface area (Å²) in [5.41, 5.74) is 1.68. The first-order valence-electron chi connectivity index (χ1n) is 9.45. The van der Waals surface area contributed by atoms with Crippen LogP contribution in [0.5, 0.6) is 5.75 Å². The number of nitro groups is 1. The van der Waals surface area contributed by atoms with Crippen molar-refractivity contribution < 1.29 is 14.5 Å². The van der Waals surface area contributed by atoms with Crippen molar-refractivity contribution in [2.45, 2.75) is 19.9 Å². The molecule has 9 nitrogen and oxygen atoms in total. The smallest absolute Gasteiger partial charge is 0.271 e. The third-order valence-corrected chi connectivity index (χ3v) is 5.61. The second-order valence-electron chi connectivity index (χ2n) is 7.05. The number of pyridine rings is 1. The van der Waals surface area contributed by atoms with Crippen molar-refractivity contribution in [2.75, 3.05) is 12.4 Å². The van der Waals surface area contributed by atoms with Gasteiger partial charge in [-0.25, -0.2) is 9.67 Å². The third-order valence-electron chi connectivity index (χ3n) is 4.72. The number of carbonyl (C=O) groups is 1. The van der Waals surface area contributed by atoms with E-state index in [-0.39, 0.29) is 17.4 Å². The minimum atomic E-state index is -0.526. The molecule has 4 aromatic rings. The molecule has 10 heteroatoms. The van der Waals surface area contributed by atoms with Crippen LogP contribution in [0, 0.1) is 10.1 Å². The summed E-state index contributed by atoms with van der Waals surface area (Å²) >= 11 is 1.52. The van der Waals surface area contributed by atoms with Crippen LogP contribution in [0.2, 0.25) is 0 Å². The number of nitro benzene ring substituents is 1. The molecule has 158 valence electrons. The van der Waals surface area contributed by atoms with Crippen LogP contribution < -0.4 is 10.1 Å². The van der Waals surface area contributed by atoms with Crippen molar-refractivity contribution >= 4 is 39.7 Å². The Labute approximate surface area is 181 Å². The Bertz CT molecular complexity index is 1280. The normalized spacial score (nSPS) is 11.1. The molecule has 0 saturated heterocycles. The zero-order chi connectivity index (χ0) is 22.1. The molecule has 0 atom stereocenters. The standard InChI is InChI=1S/C21H19N5O4S/c1-12(2)25-20-15(11-22-25)14(10-17(23-20)19-5-4-8-31-19)21(27)24-16-9-13(26(28)29)6-7-18(16)30-3/h4-12H,1-3H3,(H,24,27). The lowest BCUT2D eigenvalue weighted by atomic mass is 10.1. The molecular formula is C21H19N5O4S. The van der Waals surface area contributed by atoms with Gasteiger partial charge in [0.25, 0.3) is 11.6 Å². The maximum Gasteiger partial charge on any atom is 0.271 e. The largest absolute Gasteiger partial charge is 0.495 e. The molecule has 0 fully saturated rings. The average Bonchev–Trinajstić information content (AvgIpc) is 3.42. The number of rotatable bonds is 6. The van der Waals surface area contributed by atoms with Crippen LogP contribution >= 0.6 is 11.3 Å². The molecule has 0 aliphatic rings. The van der Waals surface area contributed by atoms with Gasteiger partial charge in [0.05, 0.1) is 45.4 Å². The van der Waals surface area contributed by atoms with Gasteiger partial charge in [0.2, 0.25) is 0 Å². The summed E-state index contributed by atoms with van der Waals surface area (Å²) in [6.07, 6.45) is 1.61. The highest BCUT2D eigenvalue weighted by Gasteiger charge is 2.21. The number of hydrogen-bond donors (Lipinski definition) is 1. The Morgan fingerprint density at radius 2 is 2.10 bits per heavy atom. The van der Waals surface area contributed by atoms with E-state index in [2.05, 4.69) is 10.4 Å². The summed E-state index contributed by atoms with van der Waals surface area (Å²) < 4.78 is 7.02. The monoisotopic (exact) mass is 437 g/mol. The molecular weight excluding hydrogens is 418 g/mol. The Morgan fingerprint density at radius 1 is 1.29 bits per heavy atom. The van der Waals surface area contributed by atoms with Gasteiger partial charge in [-0.1, -0.05) is 6.07 Å². The average molecular weight is 437 g/mol. The van der Waals surface area contributed by atoms with Crippen molar-refractivity contribution in [2.24, 2.45) is 0 Å². The van der Waals surface area contributed by atoms with Crippen molar-refractivity contribution in [3.63, 3.8) is 0 Å². The summed E-state index contributed by atoms with van der Waals surface area (Å²) in [6, 6.07) is 9.65. The van der Waals surface area contributed by atoms with Gasteiger partial charge in [0, 0.05) is 18.2 Å². The Morgan fingerprint density at radius 3 is 2.74 bits per heavy atom. The van der Waals surface area contributed by atoms with E-state index in [4.69, 9.17) is 9.72 Å². The zero-order valence-electron chi connectivity index (χ0n) is 17.0. The number of anilines is 1. The van der Waals surface area contributed by atoms with Crippen LogP contribution in [0.1, 0.15) is 30.2 Å². The number of ether oxygens (including phenoxy) is 1. The number of aromatic nitrogens is 3. The molecule has 3 heterocycles. The quantitative estimate of drug-likeness (QED) is 0.339. The molecule has 0 aliphatic heterocycles. The number of nitrogens with zero attached hydrogens (tertiary/aromatic N) is 4. The van der Waals surface area contributed by atoms with Crippen LogP contribution in [0.4, 0.5) is 11.4 Å². The van der Waals surface area contributed by atoms with Crippen molar-refractivity contribution in [3.8, 4) is 16.3 Å². The lowest BCUT2D eigenvalue weighted by Crippen LogP contribution is -2.14. The predicted octanol–water partition coefficient (Wildman–Crippen LogP) is 4.91. The molecule has 0 bridgehead atoms. The minimum absolute atomic E-state index is 0.0522. The zero-order valence-corrected chi connectivity index (χ0v) is 17.8. The van der Waals surface area contributed by atoms with Crippen molar-refractivity contribution in [1.82, 2.24) is 14.8 Å². The molecule has 0 radical (unpaired) electrons. The maximum absolute atomic E-state index is 13.3. The number of amides is 1. The van der Waals surface area contributed by atoms with Gasteiger partial charge >= 0.3 is 0 Å². The number of methoxy groups -OCH3 is 1. The van der Waals surface area contributed by atoms with Gasteiger partial charge < -0.3 is 10.1 Å². The van der Waals surface area contributed by atoms with E-state index < -0.39 is 10.8 Å². The SMILES string of the molecule is COc1ccc([N+](=O)[O-])cc1NC(=O)c1cc(-c2cccs2)nc2c1cnn2C(C)C. The molecule has 0 unspecified atom stereocenters. The van der Waals surface area contributed by atoms with Crippen LogP contribution in [0.3, 0.4) is 0 Å². The van der Waals surface area contributed by atoms with Gasteiger partial charge in [-0.3, -0.25) is 14.9 Å². The topological polar surface area (TPSA) is 112 Å². The highest BCUT2D eigenvalue weighted by atomic mass is 32.1. The van der Waals surface area contributed by atoms with Crippen molar-refractivity contribution in [1.29, 1.82) is 0 Å². The number of thiophene rings is 1. The molecule has 4 rings (SSSR count). The van der Waals surface area contributed by atoms with Crippen LogP contribution in [-0.2, 0) is 0 Å². The molecule has 1 amide bonds. The van der Waals surface area contributed by atoms with E-state index in [1.165, 1.54) is 36.6 Å². The second kappa shape index (κ2) is 8.15. The number of non-ortho nitro benzene ring substituents is 1. The fourth-order valence-corrected chi connectivity index (χ4v) is 3.92. The first-order valence-corrected chi connectivity index (χ1v) is 10.3. The number of carbonyl (C=O) groups excluding carboxylic acids is 1. The summed E-state index contributed by atoms with van der Waals surface area (Å²) in [7, 11) is 1.43. The number of hydrogen-bond acceptors (Lipinski definition) is 7. The van der Waals surface area contributed by atoms with Gasteiger partial charge in [0.15, 0.2) is 5.65 Å². The highest BCUT2D eigenvalue weighted by Crippen LogP contribution is 2.32. The first-order chi connectivity index (χ1) is 14.9.